The summed E-state index contributed by atoms with van der Waals surface area (Å²) in [7, 11) is 0. The molecule has 1 saturated carbocycles. The summed E-state index contributed by atoms with van der Waals surface area (Å²) in [6.07, 6.45) is 7.35. The third kappa shape index (κ3) is 2.21. The highest BCUT2D eigenvalue weighted by Crippen LogP contribution is 2.35. The van der Waals surface area contributed by atoms with Crippen molar-refractivity contribution >= 4 is 0 Å². The highest BCUT2D eigenvalue weighted by Gasteiger charge is 2.24. The highest BCUT2D eigenvalue weighted by atomic mass is 14.3. The Labute approximate surface area is 71.4 Å². The molecule has 1 fully saturated rings. The molecule has 0 aliphatic heterocycles. The van der Waals surface area contributed by atoms with E-state index in [1.54, 1.807) is 0 Å². The second-order valence-electron chi connectivity index (χ2n) is 4.29. The van der Waals surface area contributed by atoms with Gasteiger partial charge in [-0.2, -0.15) is 0 Å². The fourth-order valence-electron chi connectivity index (χ4n) is 2.32. The average molecular weight is 154 g/mol. The second kappa shape index (κ2) is 4.13. The van der Waals surface area contributed by atoms with Gasteiger partial charge in [0.25, 0.3) is 0 Å². The summed E-state index contributed by atoms with van der Waals surface area (Å²) >= 11 is 0. The fourth-order valence-corrected chi connectivity index (χ4v) is 2.32. The molecule has 0 saturated heterocycles. The van der Waals surface area contributed by atoms with Crippen molar-refractivity contribution in [3.8, 4) is 0 Å². The normalized spacial score (nSPS) is 25.4. The van der Waals surface area contributed by atoms with Crippen LogP contribution >= 0.6 is 0 Å². The Morgan fingerprint density at radius 3 is 2.18 bits per heavy atom. The number of hydrogen-bond donors (Lipinski definition) is 0. The lowest BCUT2D eigenvalue weighted by atomic mass is 9.82. The van der Waals surface area contributed by atoms with Crippen LogP contribution in [0.1, 0.15) is 52.9 Å². The van der Waals surface area contributed by atoms with Gasteiger partial charge in [-0.15, -0.1) is 0 Å². The fraction of sp³-hybridized carbons (Fsp3) is 1.00. The molecular formula is C11H22. The largest absolute Gasteiger partial charge is 0.0651 e. The molecule has 0 heterocycles. The predicted molar refractivity (Wildman–Crippen MR) is 50.6 cm³/mol. The topological polar surface area (TPSA) is 0 Å². The Bertz CT molecular complexity index is 101. The molecule has 0 heteroatoms. The molecule has 0 radical (unpaired) electrons. The quantitative estimate of drug-likeness (QED) is 0.579. The molecular weight excluding hydrogens is 132 g/mol. The average Bonchev–Trinajstić information content (AvgIpc) is 2.53. The van der Waals surface area contributed by atoms with E-state index in [0.29, 0.717) is 0 Å². The summed E-state index contributed by atoms with van der Waals surface area (Å²) in [5, 5.41) is 0. The Morgan fingerprint density at radius 1 is 1.18 bits per heavy atom. The van der Waals surface area contributed by atoms with E-state index >= 15 is 0 Å². The maximum Gasteiger partial charge on any atom is -0.0386 e. The van der Waals surface area contributed by atoms with Crippen molar-refractivity contribution in [2.45, 2.75) is 52.9 Å². The molecule has 1 rings (SSSR count). The molecule has 2 atom stereocenters. The lowest BCUT2D eigenvalue weighted by Crippen LogP contribution is -2.15. The van der Waals surface area contributed by atoms with Gasteiger partial charge in [-0.1, -0.05) is 52.9 Å². The van der Waals surface area contributed by atoms with Gasteiger partial charge in [-0.05, 0) is 17.8 Å². The van der Waals surface area contributed by atoms with Crippen LogP contribution in [-0.2, 0) is 0 Å². The summed E-state index contributed by atoms with van der Waals surface area (Å²) in [4.78, 5) is 0. The van der Waals surface area contributed by atoms with Crippen molar-refractivity contribution < 1.29 is 0 Å². The van der Waals surface area contributed by atoms with E-state index in [4.69, 9.17) is 0 Å². The van der Waals surface area contributed by atoms with Crippen LogP contribution in [0.5, 0.6) is 0 Å². The van der Waals surface area contributed by atoms with Crippen molar-refractivity contribution in [1.29, 1.82) is 0 Å². The van der Waals surface area contributed by atoms with Gasteiger partial charge in [0.15, 0.2) is 0 Å². The van der Waals surface area contributed by atoms with Crippen molar-refractivity contribution in [1.82, 2.24) is 0 Å². The van der Waals surface area contributed by atoms with Crippen LogP contribution in [0.2, 0.25) is 0 Å². The molecule has 0 aromatic heterocycles. The minimum absolute atomic E-state index is 0.943. The van der Waals surface area contributed by atoms with Crippen molar-refractivity contribution in [2.75, 3.05) is 0 Å². The zero-order valence-corrected chi connectivity index (χ0v) is 8.27. The minimum Gasteiger partial charge on any atom is -0.0651 e. The Balaban J connectivity index is 2.32. The Morgan fingerprint density at radius 2 is 1.73 bits per heavy atom. The van der Waals surface area contributed by atoms with Gasteiger partial charge < -0.3 is 0 Å². The summed E-state index contributed by atoms with van der Waals surface area (Å²) in [5.41, 5.74) is 0. The smallest absolute Gasteiger partial charge is 0.0386 e. The molecule has 1 aliphatic carbocycles. The number of rotatable bonds is 3. The minimum atomic E-state index is 0.943. The third-order valence-electron chi connectivity index (χ3n) is 3.68. The van der Waals surface area contributed by atoms with Crippen molar-refractivity contribution in [2.24, 2.45) is 17.8 Å². The van der Waals surface area contributed by atoms with E-state index in [9.17, 15) is 0 Å². The van der Waals surface area contributed by atoms with E-state index in [-0.39, 0.29) is 0 Å². The molecule has 0 spiro atoms. The van der Waals surface area contributed by atoms with Gasteiger partial charge in [-0.25, -0.2) is 0 Å². The zero-order chi connectivity index (χ0) is 8.27. The number of hydrogen-bond acceptors (Lipinski definition) is 0. The van der Waals surface area contributed by atoms with Crippen LogP contribution in [0.4, 0.5) is 0 Å². The molecule has 0 aromatic carbocycles. The van der Waals surface area contributed by atoms with Crippen LogP contribution in [0.15, 0.2) is 0 Å². The van der Waals surface area contributed by atoms with Crippen molar-refractivity contribution in [3.63, 3.8) is 0 Å². The van der Waals surface area contributed by atoms with Gasteiger partial charge in [-0.3, -0.25) is 0 Å². The highest BCUT2D eigenvalue weighted by molar-refractivity contribution is 4.75. The molecule has 0 nitrogen and oxygen atoms in total. The Hall–Kier alpha value is 0. The third-order valence-corrected chi connectivity index (χ3v) is 3.68. The summed E-state index contributed by atoms with van der Waals surface area (Å²) in [6, 6.07) is 0. The molecule has 66 valence electrons. The second-order valence-corrected chi connectivity index (χ2v) is 4.29. The van der Waals surface area contributed by atoms with Crippen LogP contribution in [-0.4, -0.2) is 0 Å². The molecule has 0 aromatic rings. The molecule has 0 N–H and O–H groups in total. The maximum absolute atomic E-state index is 2.45. The van der Waals surface area contributed by atoms with Crippen LogP contribution < -0.4 is 0 Å². The molecule has 1 unspecified atom stereocenters. The van der Waals surface area contributed by atoms with E-state index < -0.39 is 0 Å². The predicted octanol–water partition coefficient (Wildman–Crippen LogP) is 3.86. The van der Waals surface area contributed by atoms with Crippen LogP contribution in [0.25, 0.3) is 0 Å². The molecule has 1 aliphatic rings. The first kappa shape index (κ1) is 9.09. The first-order valence-corrected chi connectivity index (χ1v) is 5.25. The van der Waals surface area contributed by atoms with E-state index in [1.165, 1.54) is 32.1 Å². The maximum atomic E-state index is 2.45. The lowest BCUT2D eigenvalue weighted by Gasteiger charge is -2.24. The SMILES string of the molecule is CC[C@@H](C)C(C)C1CCCC1. The van der Waals surface area contributed by atoms with Gasteiger partial charge in [0.05, 0.1) is 0 Å². The van der Waals surface area contributed by atoms with E-state index in [0.717, 1.165) is 17.8 Å². The first-order chi connectivity index (χ1) is 5.25. The summed E-state index contributed by atoms with van der Waals surface area (Å²) in [6.45, 7) is 7.17. The van der Waals surface area contributed by atoms with Gasteiger partial charge in [0.2, 0.25) is 0 Å². The zero-order valence-electron chi connectivity index (χ0n) is 8.27. The monoisotopic (exact) mass is 154 g/mol. The van der Waals surface area contributed by atoms with Gasteiger partial charge in [0, 0.05) is 0 Å². The molecule has 11 heavy (non-hydrogen) atoms. The first-order valence-electron chi connectivity index (χ1n) is 5.25. The summed E-state index contributed by atoms with van der Waals surface area (Å²) in [5.74, 6) is 2.98. The van der Waals surface area contributed by atoms with E-state index in [2.05, 4.69) is 20.8 Å². The van der Waals surface area contributed by atoms with Crippen molar-refractivity contribution in [3.05, 3.63) is 0 Å². The van der Waals surface area contributed by atoms with E-state index in [1.807, 2.05) is 0 Å². The van der Waals surface area contributed by atoms with Crippen LogP contribution in [0.3, 0.4) is 0 Å². The lowest BCUT2D eigenvalue weighted by molar-refractivity contribution is 0.260. The summed E-state index contributed by atoms with van der Waals surface area (Å²) < 4.78 is 0. The van der Waals surface area contributed by atoms with Crippen LogP contribution in [0, 0.1) is 17.8 Å². The van der Waals surface area contributed by atoms with Gasteiger partial charge >= 0.3 is 0 Å². The molecule has 0 amide bonds. The Kier molecular flexibility index (Phi) is 3.42. The van der Waals surface area contributed by atoms with Gasteiger partial charge in [0.1, 0.15) is 0 Å². The molecule has 0 bridgehead atoms. The standard InChI is InChI=1S/C11H22/c1-4-9(2)10(3)11-7-5-6-8-11/h9-11H,4-8H2,1-3H3/t9-,10?/m1/s1.